The Bertz CT molecular complexity index is 415. The molecular weight excluding hydrogens is 256 g/mol. The van der Waals surface area contributed by atoms with E-state index >= 15 is 0 Å². The summed E-state index contributed by atoms with van der Waals surface area (Å²) in [7, 11) is 1.81. The van der Waals surface area contributed by atoms with Crippen LogP contribution in [0.4, 0.5) is 0 Å². The van der Waals surface area contributed by atoms with Crippen molar-refractivity contribution in [1.29, 1.82) is 0 Å². The van der Waals surface area contributed by atoms with E-state index in [2.05, 4.69) is 30.5 Å². The van der Waals surface area contributed by atoms with Crippen LogP contribution >= 0.6 is 11.8 Å². The lowest BCUT2D eigenvalue weighted by Gasteiger charge is -2.29. The molecule has 0 saturated carbocycles. The molecule has 0 aliphatic heterocycles. The highest BCUT2D eigenvalue weighted by Gasteiger charge is 2.29. The fourth-order valence-electron chi connectivity index (χ4n) is 2.14. The van der Waals surface area contributed by atoms with Crippen LogP contribution in [0.25, 0.3) is 0 Å². The van der Waals surface area contributed by atoms with Crippen molar-refractivity contribution in [3.63, 3.8) is 0 Å². The summed E-state index contributed by atoms with van der Waals surface area (Å²) in [6.45, 7) is 4.45. The zero-order valence-electron chi connectivity index (χ0n) is 12.3. The third-order valence-electron chi connectivity index (χ3n) is 3.18. The number of carbonyl (C=O) groups is 1. The average Bonchev–Trinajstić information content (AvgIpc) is 2.38. The zero-order valence-corrected chi connectivity index (χ0v) is 13.1. The minimum atomic E-state index is -0.761. The van der Waals surface area contributed by atoms with Crippen LogP contribution in [0.5, 0.6) is 0 Å². The molecule has 1 amide bonds. The second-order valence-corrected chi connectivity index (χ2v) is 6.06. The third-order valence-corrected chi connectivity index (χ3v) is 3.93. The van der Waals surface area contributed by atoms with Crippen LogP contribution in [0.1, 0.15) is 32.3 Å². The number of nitrogens with zero attached hydrogens (tertiary/aromatic N) is 1. The molecule has 19 heavy (non-hydrogen) atoms. The van der Waals surface area contributed by atoms with Gasteiger partial charge < -0.3 is 10.6 Å². The lowest BCUT2D eigenvalue weighted by molar-refractivity contribution is -0.135. The van der Waals surface area contributed by atoms with Crippen LogP contribution in [0.3, 0.4) is 0 Å². The highest BCUT2D eigenvalue weighted by Crippen LogP contribution is 2.17. The minimum Gasteiger partial charge on any atom is -0.340 e. The van der Waals surface area contributed by atoms with Crippen molar-refractivity contribution in [1.82, 2.24) is 4.90 Å². The van der Waals surface area contributed by atoms with Crippen molar-refractivity contribution in [2.24, 2.45) is 5.73 Å². The number of hydrogen-bond donors (Lipinski definition) is 1. The average molecular weight is 280 g/mol. The van der Waals surface area contributed by atoms with Gasteiger partial charge in [-0.1, -0.05) is 25.5 Å². The first kappa shape index (κ1) is 16.1. The first-order valence-corrected chi connectivity index (χ1v) is 7.80. The Morgan fingerprint density at radius 2 is 1.95 bits per heavy atom. The van der Waals surface area contributed by atoms with Crippen LogP contribution in [0, 0.1) is 0 Å². The SMILES string of the molecule is CCCC(C)(N)C(=O)N(C)Cc1ccc(SC)cc1. The van der Waals surface area contributed by atoms with Crippen LogP contribution in [-0.4, -0.2) is 29.6 Å². The van der Waals surface area contributed by atoms with E-state index in [1.807, 2.05) is 20.9 Å². The molecule has 0 radical (unpaired) electrons. The Morgan fingerprint density at radius 1 is 1.37 bits per heavy atom. The van der Waals surface area contributed by atoms with Gasteiger partial charge in [-0.25, -0.2) is 0 Å². The van der Waals surface area contributed by atoms with Crippen molar-refractivity contribution in [2.75, 3.05) is 13.3 Å². The maximum Gasteiger partial charge on any atom is 0.242 e. The predicted molar refractivity (Wildman–Crippen MR) is 82.2 cm³/mol. The van der Waals surface area contributed by atoms with Gasteiger partial charge in [-0.2, -0.15) is 0 Å². The molecule has 106 valence electrons. The molecule has 1 aromatic rings. The first-order valence-electron chi connectivity index (χ1n) is 6.58. The van der Waals surface area contributed by atoms with Crippen LogP contribution in [0.15, 0.2) is 29.2 Å². The summed E-state index contributed by atoms with van der Waals surface area (Å²) in [5.41, 5.74) is 6.44. The molecule has 0 spiro atoms. The van der Waals surface area contributed by atoms with Crippen LogP contribution in [0.2, 0.25) is 0 Å². The highest BCUT2D eigenvalue weighted by atomic mass is 32.2. The lowest BCUT2D eigenvalue weighted by atomic mass is 9.96. The standard InChI is InChI=1S/C15H24N2OS/c1-5-10-15(2,16)14(18)17(3)11-12-6-8-13(19-4)9-7-12/h6-9H,5,10-11,16H2,1-4H3. The van der Waals surface area contributed by atoms with E-state index in [-0.39, 0.29) is 5.91 Å². The van der Waals surface area contributed by atoms with Crippen molar-refractivity contribution < 1.29 is 4.79 Å². The fraction of sp³-hybridized carbons (Fsp3) is 0.533. The molecule has 0 bridgehead atoms. The molecule has 1 rings (SSSR count). The summed E-state index contributed by atoms with van der Waals surface area (Å²) in [5, 5.41) is 0. The van der Waals surface area contributed by atoms with Gasteiger partial charge in [0, 0.05) is 18.5 Å². The molecule has 0 heterocycles. The van der Waals surface area contributed by atoms with Gasteiger partial charge in [0.15, 0.2) is 0 Å². The molecule has 0 saturated heterocycles. The maximum absolute atomic E-state index is 12.3. The molecule has 2 N–H and O–H groups in total. The van der Waals surface area contributed by atoms with E-state index in [4.69, 9.17) is 5.73 Å². The second-order valence-electron chi connectivity index (χ2n) is 5.18. The summed E-state index contributed by atoms with van der Waals surface area (Å²) in [5.74, 6) is 0.00305. The Labute approximate surface area is 120 Å². The molecule has 1 unspecified atom stereocenters. The quantitative estimate of drug-likeness (QED) is 0.815. The monoisotopic (exact) mass is 280 g/mol. The van der Waals surface area contributed by atoms with Gasteiger partial charge in [-0.3, -0.25) is 4.79 Å². The number of likely N-dealkylation sites (N-methyl/N-ethyl adjacent to an activating group) is 1. The number of benzene rings is 1. The van der Waals surface area contributed by atoms with Gasteiger partial charge >= 0.3 is 0 Å². The van der Waals surface area contributed by atoms with Crippen molar-refractivity contribution >= 4 is 17.7 Å². The number of rotatable bonds is 6. The molecule has 0 aromatic heterocycles. The highest BCUT2D eigenvalue weighted by molar-refractivity contribution is 7.98. The summed E-state index contributed by atoms with van der Waals surface area (Å²) in [4.78, 5) is 15.2. The van der Waals surface area contributed by atoms with E-state index in [1.54, 1.807) is 16.7 Å². The molecule has 0 aliphatic carbocycles. The Hall–Kier alpha value is -1.00. The third kappa shape index (κ3) is 4.55. The molecule has 0 aliphatic rings. The minimum absolute atomic E-state index is 0.00305. The van der Waals surface area contributed by atoms with E-state index in [0.29, 0.717) is 13.0 Å². The molecule has 4 heteroatoms. The van der Waals surface area contributed by atoms with E-state index in [9.17, 15) is 4.79 Å². The second kappa shape index (κ2) is 6.96. The predicted octanol–water partition coefficient (Wildman–Crippen LogP) is 2.88. The van der Waals surface area contributed by atoms with Crippen molar-refractivity contribution in [2.45, 2.75) is 43.7 Å². The van der Waals surface area contributed by atoms with E-state index in [0.717, 1.165) is 12.0 Å². The maximum atomic E-state index is 12.3. The molecule has 1 aromatic carbocycles. The van der Waals surface area contributed by atoms with Gasteiger partial charge in [0.25, 0.3) is 0 Å². The Balaban J connectivity index is 2.67. The Morgan fingerprint density at radius 3 is 2.42 bits per heavy atom. The normalized spacial score (nSPS) is 13.9. The topological polar surface area (TPSA) is 46.3 Å². The molecule has 1 atom stereocenters. The fourth-order valence-corrected chi connectivity index (χ4v) is 2.55. The van der Waals surface area contributed by atoms with Crippen molar-refractivity contribution in [3.05, 3.63) is 29.8 Å². The molecule has 0 fully saturated rings. The summed E-state index contributed by atoms with van der Waals surface area (Å²) >= 11 is 1.71. The number of carbonyl (C=O) groups excluding carboxylic acids is 1. The lowest BCUT2D eigenvalue weighted by Crippen LogP contribution is -2.51. The van der Waals surface area contributed by atoms with Crippen LogP contribution < -0.4 is 5.73 Å². The number of amides is 1. The molecule has 3 nitrogen and oxygen atoms in total. The number of thioether (sulfide) groups is 1. The van der Waals surface area contributed by atoms with Gasteiger partial charge in [0.2, 0.25) is 5.91 Å². The summed E-state index contributed by atoms with van der Waals surface area (Å²) < 4.78 is 0. The zero-order chi connectivity index (χ0) is 14.5. The van der Waals surface area contributed by atoms with E-state index < -0.39 is 5.54 Å². The first-order chi connectivity index (χ1) is 8.90. The van der Waals surface area contributed by atoms with Gasteiger partial charge in [-0.05, 0) is 37.3 Å². The summed E-state index contributed by atoms with van der Waals surface area (Å²) in [6.07, 6.45) is 3.67. The van der Waals surface area contributed by atoms with Crippen molar-refractivity contribution in [3.8, 4) is 0 Å². The largest absolute Gasteiger partial charge is 0.340 e. The number of nitrogens with two attached hydrogens (primary N) is 1. The van der Waals surface area contributed by atoms with Gasteiger partial charge in [0.1, 0.15) is 0 Å². The Kier molecular flexibility index (Phi) is 5.88. The summed E-state index contributed by atoms with van der Waals surface area (Å²) in [6, 6.07) is 8.27. The van der Waals surface area contributed by atoms with Gasteiger partial charge in [-0.15, -0.1) is 11.8 Å². The molecular formula is C15H24N2OS. The smallest absolute Gasteiger partial charge is 0.242 e. The van der Waals surface area contributed by atoms with Crippen LogP contribution in [-0.2, 0) is 11.3 Å². The number of hydrogen-bond acceptors (Lipinski definition) is 3. The van der Waals surface area contributed by atoms with E-state index in [1.165, 1.54) is 4.90 Å². The van der Waals surface area contributed by atoms with Gasteiger partial charge in [0.05, 0.1) is 5.54 Å².